The summed E-state index contributed by atoms with van der Waals surface area (Å²) < 4.78 is 0. The lowest BCUT2D eigenvalue weighted by Gasteiger charge is -2.07. The standard InChI is InChI=1S/C13H18N4S/c1-3-9-5-6-18-10(9)8-15-13-7-11(14)16-12(4-2)17-13/h5-7H,3-4,8H2,1-2H3,(H3,14,15,16,17). The minimum Gasteiger partial charge on any atom is -0.384 e. The molecular formula is C13H18N4S. The predicted molar refractivity (Wildman–Crippen MR) is 76.8 cm³/mol. The summed E-state index contributed by atoms with van der Waals surface area (Å²) in [5.74, 6) is 2.10. The number of hydrogen-bond acceptors (Lipinski definition) is 5. The number of thiophene rings is 1. The third kappa shape index (κ3) is 2.98. The maximum atomic E-state index is 5.75. The fourth-order valence-corrected chi connectivity index (χ4v) is 2.69. The van der Waals surface area contributed by atoms with Crippen LogP contribution in [0.4, 0.5) is 11.6 Å². The Hall–Kier alpha value is -1.62. The van der Waals surface area contributed by atoms with Crippen molar-refractivity contribution in [1.82, 2.24) is 9.97 Å². The van der Waals surface area contributed by atoms with Crippen molar-refractivity contribution in [1.29, 1.82) is 0 Å². The summed E-state index contributed by atoms with van der Waals surface area (Å²) in [5.41, 5.74) is 7.15. The topological polar surface area (TPSA) is 63.8 Å². The molecule has 2 aromatic rings. The molecule has 3 N–H and O–H groups in total. The van der Waals surface area contributed by atoms with Crippen molar-refractivity contribution < 1.29 is 0 Å². The quantitative estimate of drug-likeness (QED) is 0.869. The SMILES string of the molecule is CCc1nc(N)cc(NCc2sccc2CC)n1. The molecule has 2 aromatic heterocycles. The lowest BCUT2D eigenvalue weighted by Crippen LogP contribution is -2.06. The molecule has 0 bridgehead atoms. The van der Waals surface area contributed by atoms with Crippen LogP contribution in [0.3, 0.4) is 0 Å². The number of aromatic nitrogens is 2. The van der Waals surface area contributed by atoms with Gasteiger partial charge in [-0.15, -0.1) is 11.3 Å². The minimum atomic E-state index is 0.520. The van der Waals surface area contributed by atoms with Crippen molar-refractivity contribution >= 4 is 23.0 Å². The summed E-state index contributed by atoms with van der Waals surface area (Å²) in [7, 11) is 0. The van der Waals surface area contributed by atoms with Gasteiger partial charge in [0.25, 0.3) is 0 Å². The number of anilines is 2. The van der Waals surface area contributed by atoms with Crippen molar-refractivity contribution in [3.63, 3.8) is 0 Å². The van der Waals surface area contributed by atoms with Gasteiger partial charge in [-0.25, -0.2) is 9.97 Å². The van der Waals surface area contributed by atoms with E-state index in [0.717, 1.165) is 31.0 Å². The van der Waals surface area contributed by atoms with Crippen LogP contribution in [0.1, 0.15) is 30.1 Å². The van der Waals surface area contributed by atoms with Crippen molar-refractivity contribution in [3.8, 4) is 0 Å². The second kappa shape index (κ2) is 5.82. The highest BCUT2D eigenvalue weighted by Gasteiger charge is 2.04. The van der Waals surface area contributed by atoms with E-state index in [9.17, 15) is 0 Å². The maximum Gasteiger partial charge on any atom is 0.132 e. The maximum absolute atomic E-state index is 5.75. The Morgan fingerprint density at radius 2 is 2.11 bits per heavy atom. The zero-order chi connectivity index (χ0) is 13.0. The fraction of sp³-hybridized carbons (Fsp3) is 0.385. The van der Waals surface area contributed by atoms with Crippen molar-refractivity contribution in [2.75, 3.05) is 11.1 Å². The van der Waals surface area contributed by atoms with Crippen LogP contribution in [0, 0.1) is 0 Å². The molecule has 0 aliphatic rings. The summed E-state index contributed by atoms with van der Waals surface area (Å²) in [4.78, 5) is 9.92. The van der Waals surface area contributed by atoms with Crippen LogP contribution >= 0.6 is 11.3 Å². The molecular weight excluding hydrogens is 244 g/mol. The summed E-state index contributed by atoms with van der Waals surface area (Å²) in [6.45, 7) is 4.98. The molecule has 0 atom stereocenters. The molecule has 0 radical (unpaired) electrons. The molecule has 0 saturated heterocycles. The number of nitrogens with zero attached hydrogens (tertiary/aromatic N) is 2. The summed E-state index contributed by atoms with van der Waals surface area (Å²) in [6.07, 6.45) is 1.85. The van der Waals surface area contributed by atoms with E-state index in [1.54, 1.807) is 17.4 Å². The van der Waals surface area contributed by atoms with E-state index >= 15 is 0 Å². The number of rotatable bonds is 5. The van der Waals surface area contributed by atoms with Crippen molar-refractivity contribution in [2.24, 2.45) is 0 Å². The fourth-order valence-electron chi connectivity index (χ4n) is 1.77. The Morgan fingerprint density at radius 3 is 2.83 bits per heavy atom. The predicted octanol–water partition coefficient (Wildman–Crippen LogP) is 2.86. The van der Waals surface area contributed by atoms with Gasteiger partial charge in [0, 0.05) is 17.4 Å². The van der Waals surface area contributed by atoms with E-state index in [2.05, 4.69) is 33.7 Å². The van der Waals surface area contributed by atoms with Gasteiger partial charge in [-0.2, -0.15) is 0 Å². The average molecular weight is 262 g/mol. The van der Waals surface area contributed by atoms with Crippen LogP contribution in [0.25, 0.3) is 0 Å². The van der Waals surface area contributed by atoms with Gasteiger partial charge in [0.15, 0.2) is 0 Å². The van der Waals surface area contributed by atoms with Crippen LogP contribution in [0.2, 0.25) is 0 Å². The molecule has 18 heavy (non-hydrogen) atoms. The Balaban J connectivity index is 2.08. The Bertz CT molecular complexity index is 521. The largest absolute Gasteiger partial charge is 0.384 e. The Kier molecular flexibility index (Phi) is 4.15. The third-order valence-electron chi connectivity index (χ3n) is 2.76. The van der Waals surface area contributed by atoms with Crippen LogP contribution < -0.4 is 11.1 Å². The van der Waals surface area contributed by atoms with Gasteiger partial charge in [-0.3, -0.25) is 0 Å². The van der Waals surface area contributed by atoms with Crippen molar-refractivity contribution in [3.05, 3.63) is 33.8 Å². The van der Waals surface area contributed by atoms with Crippen LogP contribution in [-0.2, 0) is 19.4 Å². The molecule has 2 heterocycles. The second-order valence-electron chi connectivity index (χ2n) is 4.02. The molecule has 0 fully saturated rings. The van der Waals surface area contributed by atoms with E-state index in [0.29, 0.717) is 5.82 Å². The minimum absolute atomic E-state index is 0.520. The highest BCUT2D eigenvalue weighted by atomic mass is 32.1. The van der Waals surface area contributed by atoms with E-state index in [4.69, 9.17) is 5.73 Å². The number of aryl methyl sites for hydroxylation is 2. The van der Waals surface area contributed by atoms with Gasteiger partial charge >= 0.3 is 0 Å². The molecule has 0 spiro atoms. The zero-order valence-electron chi connectivity index (χ0n) is 10.7. The summed E-state index contributed by atoms with van der Waals surface area (Å²) in [5, 5.41) is 5.44. The zero-order valence-corrected chi connectivity index (χ0v) is 11.5. The van der Waals surface area contributed by atoms with Gasteiger partial charge < -0.3 is 11.1 Å². The molecule has 0 aliphatic carbocycles. The number of nitrogens with two attached hydrogens (primary N) is 1. The smallest absolute Gasteiger partial charge is 0.132 e. The molecule has 0 aliphatic heterocycles. The number of hydrogen-bond donors (Lipinski definition) is 2. The van der Waals surface area contributed by atoms with Gasteiger partial charge in [0.2, 0.25) is 0 Å². The molecule has 96 valence electrons. The number of nitrogens with one attached hydrogen (secondary N) is 1. The molecule has 0 unspecified atom stereocenters. The van der Waals surface area contributed by atoms with Crippen molar-refractivity contribution in [2.45, 2.75) is 33.2 Å². The van der Waals surface area contributed by atoms with Crippen LogP contribution in [0.15, 0.2) is 17.5 Å². The van der Waals surface area contributed by atoms with E-state index < -0.39 is 0 Å². The highest BCUT2D eigenvalue weighted by Crippen LogP contribution is 2.19. The van der Waals surface area contributed by atoms with Gasteiger partial charge in [0.1, 0.15) is 17.5 Å². The monoisotopic (exact) mass is 262 g/mol. The lowest BCUT2D eigenvalue weighted by atomic mass is 10.2. The van der Waals surface area contributed by atoms with Gasteiger partial charge in [-0.05, 0) is 23.4 Å². The van der Waals surface area contributed by atoms with Gasteiger partial charge in [-0.1, -0.05) is 13.8 Å². The first-order valence-electron chi connectivity index (χ1n) is 6.15. The molecule has 0 aromatic carbocycles. The van der Waals surface area contributed by atoms with E-state index in [1.165, 1.54) is 10.4 Å². The first-order chi connectivity index (χ1) is 8.72. The normalized spacial score (nSPS) is 10.6. The molecule has 0 amide bonds. The number of nitrogen functional groups attached to an aromatic ring is 1. The summed E-state index contributed by atoms with van der Waals surface area (Å²) in [6, 6.07) is 3.95. The van der Waals surface area contributed by atoms with Crippen LogP contribution in [-0.4, -0.2) is 9.97 Å². The Labute approximate surface area is 111 Å². The Morgan fingerprint density at radius 1 is 1.28 bits per heavy atom. The van der Waals surface area contributed by atoms with E-state index in [1.807, 2.05) is 6.92 Å². The van der Waals surface area contributed by atoms with E-state index in [-0.39, 0.29) is 0 Å². The van der Waals surface area contributed by atoms with Crippen LogP contribution in [0.5, 0.6) is 0 Å². The average Bonchev–Trinajstić information content (AvgIpc) is 2.83. The van der Waals surface area contributed by atoms with Gasteiger partial charge in [0.05, 0.1) is 6.54 Å². The lowest BCUT2D eigenvalue weighted by molar-refractivity contribution is 0.938. The molecule has 0 saturated carbocycles. The summed E-state index contributed by atoms with van der Waals surface area (Å²) >= 11 is 1.77. The first-order valence-corrected chi connectivity index (χ1v) is 7.03. The highest BCUT2D eigenvalue weighted by molar-refractivity contribution is 7.10. The molecule has 5 heteroatoms. The third-order valence-corrected chi connectivity index (χ3v) is 3.72. The molecule has 2 rings (SSSR count). The molecule has 4 nitrogen and oxygen atoms in total. The first kappa shape index (κ1) is 12.8. The second-order valence-corrected chi connectivity index (χ2v) is 5.02.